The van der Waals surface area contributed by atoms with Crippen LogP contribution in [-0.4, -0.2) is 54.7 Å². The predicted molar refractivity (Wildman–Crippen MR) is 90.9 cm³/mol. The van der Waals surface area contributed by atoms with Gasteiger partial charge in [-0.15, -0.1) is 0 Å². The van der Waals surface area contributed by atoms with Crippen LogP contribution in [0.15, 0.2) is 0 Å². The van der Waals surface area contributed by atoms with Crippen LogP contribution >= 0.6 is 0 Å². The number of carbonyl (C=O) groups is 2. The fraction of sp³-hybridized carbons (Fsp3) is 0.882. The number of amides is 1. The Bertz CT molecular complexity index is 391. The molecule has 4 atom stereocenters. The second-order valence-corrected chi connectivity index (χ2v) is 7.18. The molecule has 0 aliphatic rings. The zero-order chi connectivity index (χ0) is 18.4. The highest BCUT2D eigenvalue weighted by Crippen LogP contribution is 2.23. The lowest BCUT2D eigenvalue weighted by atomic mass is 9.91. The number of nitrogens with zero attached hydrogens (tertiary/aromatic N) is 1. The number of likely N-dealkylation sites (N-methyl/N-ethyl adjacent to an activating group) is 1. The first-order valence-electron chi connectivity index (χ1n) is 8.21. The van der Waals surface area contributed by atoms with Crippen LogP contribution in [0.25, 0.3) is 0 Å². The Hall–Kier alpha value is -1.14. The first kappa shape index (κ1) is 21.9. The number of hydrogen-bond donors (Lipinski definition) is 1. The second kappa shape index (κ2) is 9.23. The molecule has 0 heterocycles. The molecule has 0 aromatic heterocycles. The number of esters is 1. The molecule has 0 saturated heterocycles. The van der Waals surface area contributed by atoms with E-state index >= 15 is 0 Å². The van der Waals surface area contributed by atoms with Gasteiger partial charge in [0.15, 0.2) is 0 Å². The van der Waals surface area contributed by atoms with Crippen LogP contribution in [-0.2, 0) is 19.1 Å². The number of hydrogen-bond acceptors (Lipinski definition) is 5. The topological polar surface area (TPSA) is 81.9 Å². The Labute approximate surface area is 140 Å². The summed E-state index contributed by atoms with van der Waals surface area (Å²) in [5.74, 6) is -0.337. The molecule has 23 heavy (non-hydrogen) atoms. The summed E-state index contributed by atoms with van der Waals surface area (Å²) in [6.07, 6.45) is 0.516. The fourth-order valence-corrected chi connectivity index (χ4v) is 2.60. The van der Waals surface area contributed by atoms with Gasteiger partial charge >= 0.3 is 5.97 Å². The molecule has 2 N–H and O–H groups in total. The number of rotatable bonds is 8. The minimum absolute atomic E-state index is 0.0966. The standard InChI is InChI=1S/C17H34N2O4/c1-9-11(2)15(19(7)16(21)12(3)18)13(22-8)10-14(20)23-17(4,5)6/h11-13,15H,9-10,18H2,1-8H3/t11-,12-,13+,15-/m0/s1. The highest BCUT2D eigenvalue weighted by molar-refractivity contribution is 5.81. The van der Waals surface area contributed by atoms with Crippen molar-refractivity contribution in [1.29, 1.82) is 0 Å². The number of carbonyl (C=O) groups excluding carboxylic acids is 2. The summed E-state index contributed by atoms with van der Waals surface area (Å²) in [7, 11) is 3.26. The average molecular weight is 330 g/mol. The Balaban J connectivity index is 5.25. The van der Waals surface area contributed by atoms with Crippen molar-refractivity contribution in [2.45, 2.75) is 78.2 Å². The molecule has 136 valence electrons. The normalized spacial score (nSPS) is 17.1. The lowest BCUT2D eigenvalue weighted by Gasteiger charge is -2.38. The molecule has 0 aliphatic carbocycles. The molecule has 0 fully saturated rings. The summed E-state index contributed by atoms with van der Waals surface area (Å²) in [5.41, 5.74) is 5.17. The van der Waals surface area contributed by atoms with Gasteiger partial charge in [0, 0.05) is 14.2 Å². The first-order valence-corrected chi connectivity index (χ1v) is 8.21. The Morgan fingerprint density at radius 3 is 2.09 bits per heavy atom. The van der Waals surface area contributed by atoms with Crippen LogP contribution in [0.3, 0.4) is 0 Å². The summed E-state index contributed by atoms with van der Waals surface area (Å²) in [6.45, 7) is 11.2. The molecule has 0 aromatic rings. The number of ether oxygens (including phenoxy) is 2. The Morgan fingerprint density at radius 2 is 1.74 bits per heavy atom. The van der Waals surface area contributed by atoms with Gasteiger partial charge in [0.25, 0.3) is 0 Å². The van der Waals surface area contributed by atoms with Crippen molar-refractivity contribution in [2.75, 3.05) is 14.2 Å². The lowest BCUT2D eigenvalue weighted by Crippen LogP contribution is -2.53. The van der Waals surface area contributed by atoms with Crippen LogP contribution in [0, 0.1) is 5.92 Å². The molecule has 0 saturated carbocycles. The van der Waals surface area contributed by atoms with Gasteiger partial charge in [-0.1, -0.05) is 20.3 Å². The van der Waals surface area contributed by atoms with Crippen LogP contribution in [0.4, 0.5) is 0 Å². The highest BCUT2D eigenvalue weighted by Gasteiger charge is 2.35. The maximum Gasteiger partial charge on any atom is 0.309 e. The maximum atomic E-state index is 12.3. The van der Waals surface area contributed by atoms with E-state index in [0.29, 0.717) is 0 Å². The molecule has 0 bridgehead atoms. The van der Waals surface area contributed by atoms with E-state index in [1.165, 1.54) is 0 Å². The second-order valence-electron chi connectivity index (χ2n) is 7.18. The third-order valence-corrected chi connectivity index (χ3v) is 3.88. The number of nitrogens with two attached hydrogens (primary N) is 1. The molecule has 0 unspecified atom stereocenters. The van der Waals surface area contributed by atoms with Crippen LogP contribution in [0.1, 0.15) is 54.4 Å². The van der Waals surface area contributed by atoms with E-state index in [9.17, 15) is 9.59 Å². The molecular formula is C17H34N2O4. The Morgan fingerprint density at radius 1 is 1.22 bits per heavy atom. The van der Waals surface area contributed by atoms with Gasteiger partial charge in [0.05, 0.1) is 24.6 Å². The van der Waals surface area contributed by atoms with Gasteiger partial charge in [-0.3, -0.25) is 9.59 Å². The van der Waals surface area contributed by atoms with Gasteiger partial charge in [0.2, 0.25) is 5.91 Å². The van der Waals surface area contributed by atoms with E-state index in [2.05, 4.69) is 0 Å². The quantitative estimate of drug-likeness (QED) is 0.688. The fourth-order valence-electron chi connectivity index (χ4n) is 2.60. The van der Waals surface area contributed by atoms with Crippen molar-refractivity contribution in [1.82, 2.24) is 4.90 Å². The molecule has 0 radical (unpaired) electrons. The van der Waals surface area contributed by atoms with Crippen molar-refractivity contribution < 1.29 is 19.1 Å². The third-order valence-electron chi connectivity index (χ3n) is 3.88. The van der Waals surface area contributed by atoms with Gasteiger partial charge in [-0.2, -0.15) is 0 Å². The molecule has 0 spiro atoms. The smallest absolute Gasteiger partial charge is 0.309 e. The highest BCUT2D eigenvalue weighted by atomic mass is 16.6. The summed E-state index contributed by atoms with van der Waals surface area (Å²) < 4.78 is 10.9. The van der Waals surface area contributed by atoms with Crippen molar-refractivity contribution in [2.24, 2.45) is 11.7 Å². The molecule has 0 aliphatic heterocycles. The number of methoxy groups -OCH3 is 1. The van der Waals surface area contributed by atoms with Gasteiger partial charge in [0.1, 0.15) is 5.60 Å². The minimum Gasteiger partial charge on any atom is -0.460 e. The molecule has 6 heteroatoms. The van der Waals surface area contributed by atoms with E-state index < -0.39 is 17.7 Å². The molecule has 6 nitrogen and oxygen atoms in total. The SMILES string of the molecule is CC[C@H](C)[C@@H]([C@@H](CC(=O)OC(C)(C)C)OC)N(C)C(=O)[C@H](C)N. The molecule has 1 amide bonds. The third kappa shape index (κ3) is 7.31. The summed E-state index contributed by atoms with van der Waals surface area (Å²) >= 11 is 0. The van der Waals surface area contributed by atoms with E-state index in [0.717, 1.165) is 6.42 Å². The van der Waals surface area contributed by atoms with Gasteiger partial charge in [-0.05, 0) is 33.6 Å². The van der Waals surface area contributed by atoms with Crippen LogP contribution < -0.4 is 5.73 Å². The van der Waals surface area contributed by atoms with E-state index in [-0.39, 0.29) is 30.3 Å². The van der Waals surface area contributed by atoms with E-state index in [1.807, 2.05) is 34.6 Å². The van der Waals surface area contributed by atoms with Crippen molar-refractivity contribution in [3.05, 3.63) is 0 Å². The lowest BCUT2D eigenvalue weighted by molar-refractivity contribution is -0.160. The van der Waals surface area contributed by atoms with E-state index in [1.54, 1.807) is 26.0 Å². The summed E-state index contributed by atoms with van der Waals surface area (Å²) in [5, 5.41) is 0. The summed E-state index contributed by atoms with van der Waals surface area (Å²) in [4.78, 5) is 26.0. The summed E-state index contributed by atoms with van der Waals surface area (Å²) in [6, 6.07) is -0.832. The molecule has 0 rings (SSSR count). The van der Waals surface area contributed by atoms with E-state index in [4.69, 9.17) is 15.2 Å². The Kier molecular flexibility index (Phi) is 8.77. The largest absolute Gasteiger partial charge is 0.460 e. The van der Waals surface area contributed by atoms with Crippen molar-refractivity contribution in [3.63, 3.8) is 0 Å². The average Bonchev–Trinajstić information content (AvgIpc) is 2.42. The van der Waals surface area contributed by atoms with Crippen molar-refractivity contribution in [3.8, 4) is 0 Å². The molecular weight excluding hydrogens is 296 g/mol. The van der Waals surface area contributed by atoms with Crippen molar-refractivity contribution >= 4 is 11.9 Å². The maximum absolute atomic E-state index is 12.3. The van der Waals surface area contributed by atoms with Gasteiger partial charge in [-0.25, -0.2) is 0 Å². The zero-order valence-electron chi connectivity index (χ0n) is 15.9. The minimum atomic E-state index is -0.592. The monoisotopic (exact) mass is 330 g/mol. The van der Waals surface area contributed by atoms with Gasteiger partial charge < -0.3 is 20.1 Å². The predicted octanol–water partition coefficient (Wildman–Crippen LogP) is 1.95. The zero-order valence-corrected chi connectivity index (χ0v) is 15.9. The van der Waals surface area contributed by atoms with Crippen LogP contribution in [0.2, 0.25) is 0 Å². The first-order chi connectivity index (χ1) is 10.4. The molecule has 0 aromatic carbocycles. The van der Waals surface area contributed by atoms with Crippen LogP contribution in [0.5, 0.6) is 0 Å².